The molecular formula is C24H25N5O6. The highest BCUT2D eigenvalue weighted by Crippen LogP contribution is 2.23. The highest BCUT2D eigenvalue weighted by molar-refractivity contribution is 6.21. The average molecular weight is 479 g/mol. The first-order valence-electron chi connectivity index (χ1n) is 11.1. The fourth-order valence-electron chi connectivity index (χ4n) is 3.66. The molecule has 3 aromatic rings. The van der Waals surface area contributed by atoms with Gasteiger partial charge in [0.05, 0.1) is 11.1 Å². The first kappa shape index (κ1) is 23.9. The number of para-hydroxylation sites is 1. The molecule has 2 aromatic carbocycles. The number of amides is 3. The number of alkyl carbamates (subject to hydrolysis) is 1. The molecule has 35 heavy (non-hydrogen) atoms. The normalized spacial score (nSPS) is 14.1. The Morgan fingerprint density at radius 1 is 1.00 bits per heavy atom. The zero-order valence-electron chi connectivity index (χ0n) is 19.6. The van der Waals surface area contributed by atoms with Crippen molar-refractivity contribution < 1.29 is 28.8 Å². The van der Waals surface area contributed by atoms with Crippen molar-refractivity contribution in [1.29, 1.82) is 0 Å². The zero-order valence-corrected chi connectivity index (χ0v) is 19.6. The van der Waals surface area contributed by atoms with Crippen LogP contribution in [0.2, 0.25) is 0 Å². The number of hydrogen-bond acceptors (Lipinski definition) is 8. The molecule has 0 spiro atoms. The molecule has 1 aliphatic rings. The second-order valence-electron chi connectivity index (χ2n) is 9.01. The average Bonchev–Trinajstić information content (AvgIpc) is 3.31. The molecule has 0 fully saturated rings. The van der Waals surface area contributed by atoms with Crippen molar-refractivity contribution in [1.82, 2.24) is 25.4 Å². The van der Waals surface area contributed by atoms with Crippen LogP contribution < -0.4 is 10.2 Å². The minimum Gasteiger partial charge on any atom is -0.444 e. The lowest BCUT2D eigenvalue weighted by atomic mass is 10.1. The number of aromatic nitrogens is 3. The largest absolute Gasteiger partial charge is 0.444 e. The van der Waals surface area contributed by atoms with Gasteiger partial charge in [-0.1, -0.05) is 29.1 Å². The van der Waals surface area contributed by atoms with Gasteiger partial charge in [0.1, 0.15) is 22.7 Å². The molecule has 0 aliphatic carbocycles. The predicted molar refractivity (Wildman–Crippen MR) is 123 cm³/mol. The Morgan fingerprint density at radius 3 is 2.29 bits per heavy atom. The maximum atomic E-state index is 13.0. The van der Waals surface area contributed by atoms with E-state index in [4.69, 9.17) is 9.57 Å². The summed E-state index contributed by atoms with van der Waals surface area (Å²) in [7, 11) is 0. The lowest BCUT2D eigenvalue weighted by Crippen LogP contribution is -2.47. The topological polar surface area (TPSA) is 133 Å². The number of ether oxygens (including phenoxy) is 1. The third kappa shape index (κ3) is 5.29. The molecule has 3 amide bonds. The van der Waals surface area contributed by atoms with Crippen LogP contribution in [0.3, 0.4) is 0 Å². The molecule has 11 heteroatoms. The molecule has 11 nitrogen and oxygen atoms in total. The SMILES string of the molecule is CC(C)(C)OC(=O)NC(CCCN1C(=O)c2ccccc2C1=O)C(=O)On1nnc2ccccc21. The zero-order chi connectivity index (χ0) is 25.2. The first-order valence-corrected chi connectivity index (χ1v) is 11.1. The molecular weight excluding hydrogens is 454 g/mol. The van der Waals surface area contributed by atoms with Crippen LogP contribution in [0.4, 0.5) is 4.79 Å². The highest BCUT2D eigenvalue weighted by atomic mass is 16.7. The number of carbonyl (C=O) groups is 4. The quantitative estimate of drug-likeness (QED) is 0.403. The highest BCUT2D eigenvalue weighted by Gasteiger charge is 2.35. The maximum absolute atomic E-state index is 13.0. The van der Waals surface area contributed by atoms with Crippen LogP contribution in [0, 0.1) is 0 Å². The molecule has 1 aliphatic heterocycles. The van der Waals surface area contributed by atoms with E-state index in [9.17, 15) is 19.2 Å². The fraction of sp³-hybridized carbons (Fsp3) is 0.333. The van der Waals surface area contributed by atoms with Gasteiger partial charge >= 0.3 is 12.1 Å². The molecule has 1 atom stereocenters. The second-order valence-corrected chi connectivity index (χ2v) is 9.01. The van der Waals surface area contributed by atoms with Crippen LogP contribution in [0.25, 0.3) is 11.0 Å². The maximum Gasteiger partial charge on any atom is 0.408 e. The van der Waals surface area contributed by atoms with E-state index in [0.717, 1.165) is 9.75 Å². The monoisotopic (exact) mass is 479 g/mol. The molecule has 182 valence electrons. The molecule has 2 heterocycles. The number of rotatable bonds is 7. The number of nitrogens with zero attached hydrogens (tertiary/aromatic N) is 4. The third-order valence-electron chi connectivity index (χ3n) is 5.23. The molecule has 0 saturated carbocycles. The van der Waals surface area contributed by atoms with E-state index in [1.807, 2.05) is 0 Å². The van der Waals surface area contributed by atoms with E-state index >= 15 is 0 Å². The van der Waals surface area contributed by atoms with Crippen molar-refractivity contribution in [3.8, 4) is 0 Å². The van der Waals surface area contributed by atoms with E-state index < -0.39 is 23.7 Å². The molecule has 1 unspecified atom stereocenters. The van der Waals surface area contributed by atoms with Gasteiger partial charge in [-0.15, -0.1) is 5.10 Å². The van der Waals surface area contributed by atoms with Crippen LogP contribution in [0.15, 0.2) is 48.5 Å². The van der Waals surface area contributed by atoms with Gasteiger partial charge in [0.15, 0.2) is 0 Å². The Bertz CT molecular complexity index is 1260. The summed E-state index contributed by atoms with van der Waals surface area (Å²) < 4.78 is 5.27. The van der Waals surface area contributed by atoms with Crippen LogP contribution in [0.1, 0.15) is 54.3 Å². The van der Waals surface area contributed by atoms with Gasteiger partial charge in [-0.3, -0.25) is 14.5 Å². The smallest absolute Gasteiger partial charge is 0.408 e. The lowest BCUT2D eigenvalue weighted by Gasteiger charge is -2.23. The van der Waals surface area contributed by atoms with E-state index in [0.29, 0.717) is 22.2 Å². The van der Waals surface area contributed by atoms with Gasteiger partial charge in [-0.05, 0) is 63.1 Å². The Kier molecular flexibility index (Phi) is 6.50. The van der Waals surface area contributed by atoms with Gasteiger partial charge in [0.2, 0.25) is 0 Å². The van der Waals surface area contributed by atoms with Crippen molar-refractivity contribution in [2.45, 2.75) is 45.3 Å². The van der Waals surface area contributed by atoms with Gasteiger partial charge in [-0.25, -0.2) is 9.59 Å². The summed E-state index contributed by atoms with van der Waals surface area (Å²) in [6, 6.07) is 12.4. The van der Waals surface area contributed by atoms with Crippen molar-refractivity contribution in [3.63, 3.8) is 0 Å². The van der Waals surface area contributed by atoms with E-state index in [1.165, 1.54) is 0 Å². The molecule has 1 N–H and O–H groups in total. The first-order chi connectivity index (χ1) is 16.6. The lowest BCUT2D eigenvalue weighted by molar-refractivity contribution is -0.148. The second kappa shape index (κ2) is 9.53. The summed E-state index contributed by atoms with van der Waals surface area (Å²) in [6.45, 7) is 5.16. The minimum atomic E-state index is -1.12. The Morgan fingerprint density at radius 2 is 1.63 bits per heavy atom. The van der Waals surface area contributed by atoms with Gasteiger partial charge in [0.25, 0.3) is 11.8 Å². The van der Waals surface area contributed by atoms with Crippen LogP contribution >= 0.6 is 0 Å². The van der Waals surface area contributed by atoms with E-state index in [-0.39, 0.29) is 31.2 Å². The molecule has 1 aromatic heterocycles. The number of imide groups is 1. The van der Waals surface area contributed by atoms with Crippen molar-refractivity contribution in [2.75, 3.05) is 6.54 Å². The van der Waals surface area contributed by atoms with Gasteiger partial charge in [-0.2, -0.15) is 0 Å². The molecule has 0 bridgehead atoms. The number of fused-ring (bicyclic) bond motifs is 2. The summed E-state index contributed by atoms with van der Waals surface area (Å²) in [6.07, 6.45) is -0.485. The van der Waals surface area contributed by atoms with Crippen molar-refractivity contribution in [3.05, 3.63) is 59.7 Å². The molecule has 0 radical (unpaired) electrons. The summed E-state index contributed by atoms with van der Waals surface area (Å²) >= 11 is 0. The number of nitrogens with one attached hydrogen (secondary N) is 1. The Hall–Kier alpha value is -4.28. The molecule has 0 saturated heterocycles. The summed E-state index contributed by atoms with van der Waals surface area (Å²) in [4.78, 5) is 58.0. The third-order valence-corrected chi connectivity index (χ3v) is 5.23. The Balaban J connectivity index is 1.44. The van der Waals surface area contributed by atoms with Crippen LogP contribution in [-0.2, 0) is 9.53 Å². The molecule has 4 rings (SSSR count). The van der Waals surface area contributed by atoms with Crippen LogP contribution in [-0.4, -0.2) is 62.1 Å². The predicted octanol–water partition coefficient (Wildman–Crippen LogP) is 2.36. The summed E-state index contributed by atoms with van der Waals surface area (Å²) in [5.74, 6) is -1.58. The number of hydrogen-bond donors (Lipinski definition) is 1. The minimum absolute atomic E-state index is 0.0678. The summed E-state index contributed by atoms with van der Waals surface area (Å²) in [5.41, 5.74) is 0.920. The van der Waals surface area contributed by atoms with E-state index in [1.54, 1.807) is 69.3 Å². The standard InChI is InChI=1S/C24H25N5O6/c1-24(2,3)34-23(33)25-18(22(32)35-29-19-13-7-6-11-17(19)26-27-29)12-8-14-28-20(30)15-9-4-5-10-16(15)21(28)31/h4-7,9-11,13,18H,8,12,14H2,1-3H3,(H,25,33). The van der Waals surface area contributed by atoms with E-state index in [2.05, 4.69) is 15.6 Å². The fourth-order valence-corrected chi connectivity index (χ4v) is 3.66. The van der Waals surface area contributed by atoms with Gasteiger partial charge < -0.3 is 14.9 Å². The number of benzene rings is 2. The summed E-state index contributed by atoms with van der Waals surface area (Å²) in [5, 5.41) is 10.3. The van der Waals surface area contributed by atoms with Crippen LogP contribution in [0.5, 0.6) is 0 Å². The Labute approximate surface area is 200 Å². The van der Waals surface area contributed by atoms with Gasteiger partial charge in [0, 0.05) is 6.54 Å². The van der Waals surface area contributed by atoms with Crippen molar-refractivity contribution >= 4 is 34.9 Å². The number of carbonyl (C=O) groups excluding carboxylic acids is 4. The van der Waals surface area contributed by atoms with Crippen molar-refractivity contribution in [2.24, 2.45) is 0 Å².